The number of allylic oxidation sites excluding steroid dienone is 10. The highest BCUT2D eigenvalue weighted by Crippen LogP contribution is 2.17. The summed E-state index contributed by atoms with van der Waals surface area (Å²) >= 11 is 0. The molecule has 6 nitrogen and oxygen atoms in total. The van der Waals surface area contributed by atoms with Gasteiger partial charge in [-0.05, 0) is 83.5 Å². The Hall–Kier alpha value is -2.44. The summed E-state index contributed by atoms with van der Waals surface area (Å²) < 4.78 is 5.92. The summed E-state index contributed by atoms with van der Waals surface area (Å²) in [6.07, 6.45) is 64.3. The van der Waals surface area contributed by atoms with Crippen LogP contribution in [-0.2, 0) is 14.3 Å². The third kappa shape index (κ3) is 46.1. The third-order valence-corrected chi connectivity index (χ3v) is 12.3. The number of amides is 1. The number of hydrogen-bond donors (Lipinski definition) is 3. The van der Waals surface area contributed by atoms with Crippen LogP contribution in [0.5, 0.6) is 0 Å². The number of hydrogen-bond acceptors (Lipinski definition) is 5. The maximum absolute atomic E-state index is 13.2. The average Bonchev–Trinajstić information content (AvgIpc) is 3.29. The second kappa shape index (κ2) is 51.5. The fraction of sp³-hybridized carbons (Fsp3) is 0.793. The zero-order valence-corrected chi connectivity index (χ0v) is 42.4. The molecule has 1 amide bonds. The highest BCUT2D eigenvalue weighted by molar-refractivity contribution is 5.77. The van der Waals surface area contributed by atoms with Gasteiger partial charge in [-0.15, -0.1) is 0 Å². The van der Waals surface area contributed by atoms with Gasteiger partial charge in [0.2, 0.25) is 5.91 Å². The van der Waals surface area contributed by atoms with Crippen molar-refractivity contribution in [3.8, 4) is 0 Å². The second-order valence-electron chi connectivity index (χ2n) is 18.6. The van der Waals surface area contributed by atoms with Gasteiger partial charge in [0.05, 0.1) is 25.2 Å². The maximum Gasteiger partial charge on any atom is 0.306 e. The molecular formula is C58H105NO5. The largest absolute Gasteiger partial charge is 0.462 e. The lowest BCUT2D eigenvalue weighted by atomic mass is 10.0. The van der Waals surface area contributed by atoms with Gasteiger partial charge in [0.25, 0.3) is 0 Å². The summed E-state index contributed by atoms with van der Waals surface area (Å²) in [7, 11) is 0. The van der Waals surface area contributed by atoms with Crippen LogP contribution >= 0.6 is 0 Å². The van der Waals surface area contributed by atoms with E-state index in [1.807, 2.05) is 0 Å². The minimum Gasteiger partial charge on any atom is -0.462 e. The third-order valence-electron chi connectivity index (χ3n) is 12.3. The number of nitrogens with one attached hydrogen (secondary N) is 1. The maximum atomic E-state index is 13.2. The van der Waals surface area contributed by atoms with Crippen LogP contribution in [0.25, 0.3) is 0 Å². The molecule has 0 saturated heterocycles. The predicted molar refractivity (Wildman–Crippen MR) is 278 cm³/mol. The molecule has 0 rings (SSSR count). The number of rotatable bonds is 49. The molecule has 6 heteroatoms. The topological polar surface area (TPSA) is 95.9 Å². The molecule has 3 N–H and O–H groups in total. The molecule has 0 aromatic carbocycles. The first-order valence-electron chi connectivity index (χ1n) is 27.5. The smallest absolute Gasteiger partial charge is 0.306 e. The molecule has 0 aromatic heterocycles. The summed E-state index contributed by atoms with van der Waals surface area (Å²) in [5.41, 5.74) is 0. The molecule has 0 saturated carbocycles. The zero-order chi connectivity index (χ0) is 46.7. The van der Waals surface area contributed by atoms with Gasteiger partial charge in [0.15, 0.2) is 0 Å². The number of ether oxygens (including phenoxy) is 1. The Morgan fingerprint density at radius 2 is 0.859 bits per heavy atom. The van der Waals surface area contributed by atoms with E-state index in [0.29, 0.717) is 19.3 Å². The van der Waals surface area contributed by atoms with Gasteiger partial charge in [0, 0.05) is 6.42 Å². The number of aliphatic hydroxyl groups is 2. The molecule has 0 bridgehead atoms. The summed E-state index contributed by atoms with van der Waals surface area (Å²) in [6, 6.07) is -0.722. The van der Waals surface area contributed by atoms with E-state index in [-0.39, 0.29) is 24.9 Å². The van der Waals surface area contributed by atoms with E-state index < -0.39 is 18.2 Å². The van der Waals surface area contributed by atoms with Crippen molar-refractivity contribution in [2.75, 3.05) is 6.61 Å². The standard InChI is InChI=1S/C58H105NO5/c1-4-7-10-13-16-19-22-25-28-30-33-36-39-42-45-48-51-58(63)64-54(49-46-43-40-37-34-31-27-24-21-18-15-12-9-6-3)52-57(62)59-55(53-60)56(61)50-47-44-41-38-35-32-29-26-23-20-17-14-11-8-5-2/h9,12,18,21,27-28,30-31,37,40,54-56,60-61H,4-8,10-11,13-17,19-20,22-26,29,32-36,38-39,41-53H2,1-3H3,(H,59,62)/b12-9+,21-18+,30-28+,31-27+,40-37+. The molecule has 0 spiro atoms. The van der Waals surface area contributed by atoms with Crippen molar-refractivity contribution in [2.24, 2.45) is 0 Å². The van der Waals surface area contributed by atoms with Crippen molar-refractivity contribution in [1.29, 1.82) is 0 Å². The first-order chi connectivity index (χ1) is 31.5. The van der Waals surface area contributed by atoms with Crippen molar-refractivity contribution in [3.05, 3.63) is 60.8 Å². The van der Waals surface area contributed by atoms with Crippen LogP contribution in [0.1, 0.15) is 271 Å². The molecule has 0 radical (unpaired) electrons. The Kier molecular flexibility index (Phi) is 49.6. The van der Waals surface area contributed by atoms with Crippen molar-refractivity contribution in [1.82, 2.24) is 5.32 Å². The van der Waals surface area contributed by atoms with Gasteiger partial charge >= 0.3 is 5.97 Å². The van der Waals surface area contributed by atoms with Gasteiger partial charge in [-0.2, -0.15) is 0 Å². The molecule has 0 heterocycles. The number of carbonyl (C=O) groups is 2. The van der Waals surface area contributed by atoms with Crippen molar-refractivity contribution in [2.45, 2.75) is 289 Å². The number of unbranched alkanes of at least 4 members (excludes halogenated alkanes) is 27. The Balaban J connectivity index is 4.63. The minimum atomic E-state index is -0.805. The minimum absolute atomic E-state index is 0.0363. The average molecular weight is 896 g/mol. The molecule has 0 aliphatic heterocycles. The van der Waals surface area contributed by atoms with Crippen LogP contribution in [0.2, 0.25) is 0 Å². The lowest BCUT2D eigenvalue weighted by Crippen LogP contribution is -2.46. The zero-order valence-electron chi connectivity index (χ0n) is 42.4. The van der Waals surface area contributed by atoms with Gasteiger partial charge in [0.1, 0.15) is 6.10 Å². The summed E-state index contributed by atoms with van der Waals surface area (Å²) in [6.45, 7) is 6.37. The molecule has 372 valence electrons. The monoisotopic (exact) mass is 896 g/mol. The van der Waals surface area contributed by atoms with Crippen LogP contribution in [0, 0.1) is 0 Å². The van der Waals surface area contributed by atoms with Crippen molar-refractivity contribution >= 4 is 11.9 Å². The lowest BCUT2D eigenvalue weighted by molar-refractivity contribution is -0.151. The Labute approximate surface area is 397 Å². The van der Waals surface area contributed by atoms with Crippen LogP contribution in [0.15, 0.2) is 60.8 Å². The Morgan fingerprint density at radius 1 is 0.469 bits per heavy atom. The highest BCUT2D eigenvalue weighted by atomic mass is 16.5. The SMILES string of the molecule is CC/C=C/C/C=C/C/C=C/C/C=C/CCCC(CC(=O)NC(CO)C(O)CCCCCCCCCCCCCCCCC)OC(=O)CCCCCCC/C=C/CCCCCCCCC. The van der Waals surface area contributed by atoms with E-state index in [1.165, 1.54) is 141 Å². The first kappa shape index (κ1) is 61.6. The first-order valence-corrected chi connectivity index (χ1v) is 27.5. The second-order valence-corrected chi connectivity index (χ2v) is 18.6. The lowest BCUT2D eigenvalue weighted by Gasteiger charge is -2.24. The molecule has 0 fully saturated rings. The van der Waals surface area contributed by atoms with Gasteiger partial charge < -0.3 is 20.3 Å². The van der Waals surface area contributed by atoms with E-state index in [0.717, 1.165) is 83.5 Å². The summed E-state index contributed by atoms with van der Waals surface area (Å²) in [5.74, 6) is -0.533. The predicted octanol–water partition coefficient (Wildman–Crippen LogP) is 16.8. The van der Waals surface area contributed by atoms with E-state index in [4.69, 9.17) is 4.74 Å². The summed E-state index contributed by atoms with van der Waals surface area (Å²) in [5, 5.41) is 23.8. The molecule has 0 aromatic rings. The Bertz CT molecular complexity index is 1140. The number of carbonyl (C=O) groups excluding carboxylic acids is 2. The molecule has 3 atom stereocenters. The number of esters is 1. The highest BCUT2D eigenvalue weighted by Gasteiger charge is 2.24. The fourth-order valence-corrected chi connectivity index (χ4v) is 8.19. The van der Waals surface area contributed by atoms with Gasteiger partial charge in [-0.25, -0.2) is 0 Å². The summed E-state index contributed by atoms with van der Waals surface area (Å²) in [4.78, 5) is 26.2. The van der Waals surface area contributed by atoms with E-state index in [2.05, 4.69) is 86.8 Å². The van der Waals surface area contributed by atoms with Crippen LogP contribution in [-0.4, -0.2) is 46.9 Å². The van der Waals surface area contributed by atoms with Gasteiger partial charge in [-0.3, -0.25) is 9.59 Å². The fourth-order valence-electron chi connectivity index (χ4n) is 8.19. The molecule has 64 heavy (non-hydrogen) atoms. The van der Waals surface area contributed by atoms with Gasteiger partial charge in [-0.1, -0.05) is 236 Å². The van der Waals surface area contributed by atoms with Crippen LogP contribution in [0.4, 0.5) is 0 Å². The Morgan fingerprint density at radius 3 is 1.33 bits per heavy atom. The van der Waals surface area contributed by atoms with Crippen LogP contribution < -0.4 is 5.32 Å². The van der Waals surface area contributed by atoms with E-state index in [9.17, 15) is 19.8 Å². The molecular weight excluding hydrogens is 791 g/mol. The van der Waals surface area contributed by atoms with Crippen molar-refractivity contribution in [3.63, 3.8) is 0 Å². The molecule has 0 aliphatic rings. The normalized spacial score (nSPS) is 13.6. The molecule has 0 aliphatic carbocycles. The molecule has 3 unspecified atom stereocenters. The van der Waals surface area contributed by atoms with E-state index >= 15 is 0 Å². The van der Waals surface area contributed by atoms with Crippen LogP contribution in [0.3, 0.4) is 0 Å². The van der Waals surface area contributed by atoms with E-state index in [1.54, 1.807) is 0 Å². The van der Waals surface area contributed by atoms with Crippen molar-refractivity contribution < 1.29 is 24.5 Å². The number of aliphatic hydroxyl groups excluding tert-OH is 2. The quantitative estimate of drug-likeness (QED) is 0.0321.